The summed E-state index contributed by atoms with van der Waals surface area (Å²) in [5.41, 5.74) is 0. The van der Waals surface area contributed by atoms with E-state index in [4.69, 9.17) is 11.6 Å². The van der Waals surface area contributed by atoms with Gasteiger partial charge in [0.15, 0.2) is 0 Å². The van der Waals surface area contributed by atoms with Gasteiger partial charge in [-0.05, 0) is 54.7 Å². The number of nitrogens with zero attached hydrogens (tertiary/aromatic N) is 2. The van der Waals surface area contributed by atoms with Crippen molar-refractivity contribution in [3.8, 4) is 0 Å². The summed E-state index contributed by atoms with van der Waals surface area (Å²) in [5, 5.41) is 0.0511. The average Bonchev–Trinajstić information content (AvgIpc) is 2.60. The molecule has 0 saturated carbocycles. The number of sulfonamides is 2. The van der Waals surface area contributed by atoms with Crippen molar-refractivity contribution < 1.29 is 16.8 Å². The highest BCUT2D eigenvalue weighted by Crippen LogP contribution is 2.33. The summed E-state index contributed by atoms with van der Waals surface area (Å²) in [6, 6.07) is 4.03. The molecule has 2 fully saturated rings. The zero-order valence-corrected chi connectivity index (χ0v) is 19.9. The molecule has 0 aliphatic carbocycles. The van der Waals surface area contributed by atoms with Crippen LogP contribution in [-0.4, -0.2) is 51.6 Å². The summed E-state index contributed by atoms with van der Waals surface area (Å²) in [4.78, 5) is -0.139. The van der Waals surface area contributed by atoms with Crippen LogP contribution >= 0.6 is 11.6 Å². The minimum absolute atomic E-state index is 0.0140. The van der Waals surface area contributed by atoms with E-state index in [1.54, 1.807) is 0 Å². The van der Waals surface area contributed by atoms with Gasteiger partial charge in [0, 0.05) is 26.2 Å². The molecule has 0 bridgehead atoms. The Hall–Kier alpha value is -0.670. The van der Waals surface area contributed by atoms with Crippen LogP contribution in [0.25, 0.3) is 0 Å². The largest absolute Gasteiger partial charge is 0.244 e. The molecule has 164 valence electrons. The monoisotopic (exact) mass is 462 g/mol. The van der Waals surface area contributed by atoms with Crippen LogP contribution in [0.3, 0.4) is 0 Å². The van der Waals surface area contributed by atoms with Gasteiger partial charge in [-0.25, -0.2) is 16.8 Å². The Bertz CT molecular complexity index is 945. The minimum Gasteiger partial charge on any atom is -0.207 e. The second kappa shape index (κ2) is 8.46. The molecule has 0 N–H and O–H groups in total. The number of halogens is 1. The zero-order chi connectivity index (χ0) is 21.6. The van der Waals surface area contributed by atoms with E-state index in [1.807, 2.05) is 27.7 Å². The normalized spacial score (nSPS) is 30.4. The summed E-state index contributed by atoms with van der Waals surface area (Å²) >= 11 is 6.24. The maximum Gasteiger partial charge on any atom is 0.244 e. The van der Waals surface area contributed by atoms with E-state index in [0.717, 1.165) is 12.8 Å². The molecule has 2 aliphatic rings. The Balaban J connectivity index is 1.97. The average molecular weight is 463 g/mol. The molecule has 9 heteroatoms. The van der Waals surface area contributed by atoms with E-state index in [1.165, 1.54) is 26.8 Å². The molecular formula is C20H31ClN2O4S2. The molecule has 0 aromatic heterocycles. The Morgan fingerprint density at radius 1 is 0.759 bits per heavy atom. The minimum atomic E-state index is -3.88. The Morgan fingerprint density at radius 3 is 1.62 bits per heavy atom. The smallest absolute Gasteiger partial charge is 0.207 e. The van der Waals surface area contributed by atoms with Crippen LogP contribution in [0, 0.1) is 23.7 Å². The summed E-state index contributed by atoms with van der Waals surface area (Å²) < 4.78 is 55.9. The zero-order valence-electron chi connectivity index (χ0n) is 17.5. The van der Waals surface area contributed by atoms with Crippen molar-refractivity contribution in [1.29, 1.82) is 0 Å². The first kappa shape index (κ1) is 23.0. The third-order valence-corrected chi connectivity index (χ3v) is 9.97. The van der Waals surface area contributed by atoms with Crippen molar-refractivity contribution in [3.05, 3.63) is 23.2 Å². The highest BCUT2D eigenvalue weighted by Gasteiger charge is 2.36. The van der Waals surface area contributed by atoms with Gasteiger partial charge in [0.1, 0.15) is 4.90 Å². The number of piperidine rings is 2. The second-order valence-corrected chi connectivity index (χ2v) is 13.4. The number of hydrogen-bond acceptors (Lipinski definition) is 4. The molecule has 0 unspecified atom stereocenters. The van der Waals surface area contributed by atoms with Crippen molar-refractivity contribution in [3.63, 3.8) is 0 Å². The van der Waals surface area contributed by atoms with Crippen LogP contribution in [0.2, 0.25) is 5.02 Å². The van der Waals surface area contributed by atoms with Gasteiger partial charge in [0.25, 0.3) is 0 Å². The van der Waals surface area contributed by atoms with Crippen LogP contribution in [-0.2, 0) is 20.0 Å². The lowest BCUT2D eigenvalue weighted by Crippen LogP contribution is -2.43. The molecule has 0 amide bonds. The first-order chi connectivity index (χ1) is 13.4. The van der Waals surface area contributed by atoms with Crippen LogP contribution in [0.15, 0.2) is 28.0 Å². The molecule has 4 atom stereocenters. The predicted molar refractivity (Wildman–Crippen MR) is 115 cm³/mol. The van der Waals surface area contributed by atoms with E-state index in [2.05, 4.69) is 0 Å². The Labute approximate surface area is 180 Å². The van der Waals surface area contributed by atoms with Crippen molar-refractivity contribution >= 4 is 31.6 Å². The molecule has 2 aliphatic heterocycles. The van der Waals surface area contributed by atoms with Gasteiger partial charge in [0.05, 0.1) is 9.92 Å². The topological polar surface area (TPSA) is 74.8 Å². The van der Waals surface area contributed by atoms with Gasteiger partial charge in [0.2, 0.25) is 20.0 Å². The molecule has 0 radical (unpaired) electrons. The van der Waals surface area contributed by atoms with Gasteiger partial charge >= 0.3 is 0 Å². The summed E-state index contributed by atoms with van der Waals surface area (Å²) in [5.74, 6) is 1.02. The summed E-state index contributed by atoms with van der Waals surface area (Å²) in [7, 11) is -7.66. The molecule has 1 aromatic rings. The van der Waals surface area contributed by atoms with E-state index in [0.29, 0.717) is 26.2 Å². The van der Waals surface area contributed by atoms with Crippen molar-refractivity contribution in [2.45, 2.75) is 50.3 Å². The number of hydrogen-bond donors (Lipinski definition) is 0. The molecule has 2 heterocycles. The maximum absolute atomic E-state index is 13.3. The van der Waals surface area contributed by atoms with Gasteiger partial charge < -0.3 is 0 Å². The Morgan fingerprint density at radius 2 is 1.17 bits per heavy atom. The molecule has 3 rings (SSSR count). The van der Waals surface area contributed by atoms with Gasteiger partial charge in [-0.2, -0.15) is 8.61 Å². The third-order valence-electron chi connectivity index (χ3n) is 5.83. The van der Waals surface area contributed by atoms with Crippen LogP contribution in [0.1, 0.15) is 40.5 Å². The van der Waals surface area contributed by atoms with Crippen LogP contribution < -0.4 is 0 Å². The molecule has 1 aromatic carbocycles. The number of benzene rings is 1. The maximum atomic E-state index is 13.3. The standard InChI is InChI=1S/C20H31ClN2O4S2/c1-14-7-15(2)11-22(10-14)28(24,25)18-5-6-19(21)20(9-18)29(26,27)23-12-16(3)8-17(4)13-23/h5-6,9,14-17H,7-8,10-13H2,1-4H3/t14-,15-,16-,17+/m0/s1. The second-order valence-electron chi connectivity index (χ2n) is 9.13. The lowest BCUT2D eigenvalue weighted by molar-refractivity contribution is 0.222. The van der Waals surface area contributed by atoms with Crippen LogP contribution in [0.4, 0.5) is 0 Å². The number of rotatable bonds is 4. The van der Waals surface area contributed by atoms with Crippen LogP contribution in [0.5, 0.6) is 0 Å². The van der Waals surface area contributed by atoms with Crippen molar-refractivity contribution in [2.24, 2.45) is 23.7 Å². The SMILES string of the molecule is C[C@@H]1C[C@H](C)CN(S(=O)(=O)c2cc(S(=O)(=O)N3C[C@@H](C)C[C@H](C)C3)ccc2Cl)C1. The van der Waals surface area contributed by atoms with Crippen molar-refractivity contribution in [2.75, 3.05) is 26.2 Å². The molecular weight excluding hydrogens is 432 g/mol. The third kappa shape index (κ3) is 4.82. The Kier molecular flexibility index (Phi) is 6.71. The van der Waals surface area contributed by atoms with Gasteiger partial charge in [-0.15, -0.1) is 0 Å². The summed E-state index contributed by atoms with van der Waals surface area (Å²) in [6.07, 6.45) is 1.96. The first-order valence-electron chi connectivity index (χ1n) is 10.2. The predicted octanol–water partition coefficient (Wildman–Crippen LogP) is 3.67. The fraction of sp³-hybridized carbons (Fsp3) is 0.700. The highest BCUT2D eigenvalue weighted by molar-refractivity contribution is 7.90. The van der Waals surface area contributed by atoms with E-state index in [-0.39, 0.29) is 38.5 Å². The summed E-state index contributed by atoms with van der Waals surface area (Å²) in [6.45, 7) is 9.85. The van der Waals surface area contributed by atoms with Crippen molar-refractivity contribution in [1.82, 2.24) is 8.61 Å². The lowest BCUT2D eigenvalue weighted by Gasteiger charge is -2.35. The van der Waals surface area contributed by atoms with Gasteiger partial charge in [-0.1, -0.05) is 39.3 Å². The quantitative estimate of drug-likeness (QED) is 0.684. The van der Waals surface area contributed by atoms with E-state index < -0.39 is 20.0 Å². The van der Waals surface area contributed by atoms with E-state index >= 15 is 0 Å². The first-order valence-corrected chi connectivity index (χ1v) is 13.5. The lowest BCUT2D eigenvalue weighted by atomic mass is 9.94. The van der Waals surface area contributed by atoms with Gasteiger partial charge in [-0.3, -0.25) is 0 Å². The molecule has 0 spiro atoms. The fourth-order valence-corrected chi connectivity index (χ4v) is 8.70. The highest BCUT2D eigenvalue weighted by atomic mass is 35.5. The fourth-order valence-electron chi connectivity index (χ4n) is 4.73. The molecule has 29 heavy (non-hydrogen) atoms. The van der Waals surface area contributed by atoms with E-state index in [9.17, 15) is 16.8 Å². The molecule has 6 nitrogen and oxygen atoms in total. The molecule has 2 saturated heterocycles.